The Labute approximate surface area is 203 Å². The lowest BCUT2D eigenvalue weighted by Crippen LogP contribution is -2.42. The Kier molecular flexibility index (Phi) is 7.44. The van der Waals surface area contributed by atoms with Gasteiger partial charge in [0.15, 0.2) is 0 Å². The number of hydrogen-bond donors (Lipinski definition) is 1. The van der Waals surface area contributed by atoms with Crippen LogP contribution in [0.25, 0.3) is 0 Å². The number of aryl methyl sites for hydroxylation is 1. The number of piperidine rings is 1. The van der Waals surface area contributed by atoms with Gasteiger partial charge in [-0.25, -0.2) is 0 Å². The van der Waals surface area contributed by atoms with Gasteiger partial charge in [0.05, 0.1) is 36.9 Å². The van der Waals surface area contributed by atoms with Crippen molar-refractivity contribution in [3.05, 3.63) is 86.7 Å². The first kappa shape index (κ1) is 24.1. The van der Waals surface area contributed by atoms with Gasteiger partial charge in [0, 0.05) is 10.7 Å². The van der Waals surface area contributed by atoms with Crippen molar-refractivity contribution in [1.82, 2.24) is 9.47 Å². The van der Waals surface area contributed by atoms with Crippen molar-refractivity contribution in [2.45, 2.75) is 39.3 Å². The average molecular weight is 485 g/mol. The number of pyridine rings is 1. The Bertz CT molecular complexity index is 1180. The van der Waals surface area contributed by atoms with Crippen molar-refractivity contribution in [1.29, 1.82) is 0 Å². The highest BCUT2D eigenvalue weighted by Crippen LogP contribution is 2.36. The van der Waals surface area contributed by atoms with E-state index in [1.54, 1.807) is 48.9 Å². The molecule has 0 spiro atoms. The van der Waals surface area contributed by atoms with Gasteiger partial charge < -0.3 is 18.8 Å². The first-order chi connectivity index (χ1) is 16.4. The maximum absolute atomic E-state index is 13.8. The first-order valence-corrected chi connectivity index (χ1v) is 11.9. The number of aromatic hydroxyl groups is 1. The molecule has 0 aliphatic carbocycles. The van der Waals surface area contributed by atoms with Gasteiger partial charge in [0.25, 0.3) is 5.56 Å². The van der Waals surface area contributed by atoms with Crippen molar-refractivity contribution >= 4 is 17.6 Å². The van der Waals surface area contributed by atoms with Gasteiger partial charge in [0.1, 0.15) is 11.5 Å². The summed E-state index contributed by atoms with van der Waals surface area (Å²) in [6.07, 6.45) is 2.81. The second kappa shape index (κ2) is 10.5. The third-order valence-corrected chi connectivity index (χ3v) is 6.64. The highest BCUT2D eigenvalue weighted by molar-refractivity contribution is 6.30. The molecule has 34 heavy (non-hydrogen) atoms. The summed E-state index contributed by atoms with van der Waals surface area (Å²) in [5.41, 5.74) is 1.51. The summed E-state index contributed by atoms with van der Waals surface area (Å²) in [6.45, 7) is 5.39. The maximum atomic E-state index is 13.8. The number of esters is 1. The molecule has 3 heterocycles. The minimum atomic E-state index is -0.489. The first-order valence-electron chi connectivity index (χ1n) is 11.5. The Hall–Kier alpha value is -3.03. The van der Waals surface area contributed by atoms with Crippen molar-refractivity contribution in [3.63, 3.8) is 0 Å². The molecule has 1 N–H and O–H groups in total. The summed E-state index contributed by atoms with van der Waals surface area (Å²) >= 11 is 6.13. The predicted molar refractivity (Wildman–Crippen MR) is 129 cm³/mol. The van der Waals surface area contributed by atoms with E-state index in [0.29, 0.717) is 54.6 Å². The lowest BCUT2D eigenvalue weighted by atomic mass is 9.91. The molecule has 0 bridgehead atoms. The van der Waals surface area contributed by atoms with Crippen LogP contribution in [0.5, 0.6) is 5.75 Å². The number of nitrogens with zero attached hydrogens (tertiary/aromatic N) is 2. The molecule has 0 saturated carbocycles. The number of carbonyl (C=O) groups excluding carboxylic acids is 1. The quantitative estimate of drug-likeness (QED) is 0.496. The van der Waals surface area contributed by atoms with Crippen LogP contribution in [0.15, 0.2) is 57.9 Å². The molecule has 1 aromatic carbocycles. The normalized spacial score (nSPS) is 15.9. The topological polar surface area (TPSA) is 84.9 Å². The summed E-state index contributed by atoms with van der Waals surface area (Å²) < 4.78 is 12.3. The number of aromatic nitrogens is 1. The smallest absolute Gasteiger partial charge is 0.309 e. The zero-order valence-electron chi connectivity index (χ0n) is 19.4. The van der Waals surface area contributed by atoms with Gasteiger partial charge in [-0.3, -0.25) is 14.5 Å². The lowest BCUT2D eigenvalue weighted by Gasteiger charge is -2.37. The van der Waals surface area contributed by atoms with E-state index in [1.807, 2.05) is 18.2 Å². The van der Waals surface area contributed by atoms with E-state index < -0.39 is 6.04 Å². The summed E-state index contributed by atoms with van der Waals surface area (Å²) in [5.74, 6) is 0.263. The number of rotatable bonds is 7. The standard InChI is InChI=1S/C26H29ClN2O5/c1-3-33-26(32)19-10-12-28(13-11-19)24(18-6-8-20(27)9-7-18)23-22(30)15-17(2)29(25(23)31)16-21-5-4-14-34-21/h4-9,14-15,19,24,30H,3,10-13,16H2,1-2H3. The van der Waals surface area contributed by atoms with E-state index in [4.69, 9.17) is 20.8 Å². The van der Waals surface area contributed by atoms with E-state index in [1.165, 1.54) is 0 Å². The fraction of sp³-hybridized carbons (Fsp3) is 0.385. The zero-order chi connectivity index (χ0) is 24.2. The fourth-order valence-corrected chi connectivity index (χ4v) is 4.77. The molecular weight excluding hydrogens is 456 g/mol. The Morgan fingerprint density at radius 2 is 1.94 bits per heavy atom. The number of halogens is 1. The molecular formula is C26H29ClN2O5. The molecule has 1 unspecified atom stereocenters. The van der Waals surface area contributed by atoms with Crippen molar-refractivity contribution < 1.29 is 19.1 Å². The zero-order valence-corrected chi connectivity index (χ0v) is 20.1. The number of hydrogen-bond acceptors (Lipinski definition) is 6. The van der Waals surface area contributed by atoms with Crippen molar-refractivity contribution in [2.75, 3.05) is 19.7 Å². The molecule has 4 rings (SSSR count). The average Bonchev–Trinajstić information content (AvgIpc) is 3.34. The van der Waals surface area contributed by atoms with Crippen LogP contribution in [0, 0.1) is 12.8 Å². The van der Waals surface area contributed by atoms with Crippen LogP contribution >= 0.6 is 11.6 Å². The number of likely N-dealkylation sites (tertiary alicyclic amines) is 1. The van der Waals surface area contributed by atoms with Crippen LogP contribution in [0.4, 0.5) is 0 Å². The van der Waals surface area contributed by atoms with Gasteiger partial charge in [-0.15, -0.1) is 0 Å². The maximum Gasteiger partial charge on any atom is 0.309 e. The van der Waals surface area contributed by atoms with Crippen LogP contribution in [-0.2, 0) is 16.1 Å². The SMILES string of the molecule is CCOC(=O)C1CCN(C(c2ccc(Cl)cc2)c2c(O)cc(C)n(Cc3ccco3)c2=O)CC1. The molecule has 180 valence electrons. The summed E-state index contributed by atoms with van der Waals surface area (Å²) in [5, 5.41) is 11.6. The highest BCUT2D eigenvalue weighted by atomic mass is 35.5. The molecule has 0 amide bonds. The second-order valence-corrected chi connectivity index (χ2v) is 9.01. The largest absolute Gasteiger partial charge is 0.507 e. The van der Waals surface area contributed by atoms with Crippen LogP contribution in [-0.4, -0.2) is 40.2 Å². The third kappa shape index (κ3) is 5.05. The lowest BCUT2D eigenvalue weighted by molar-refractivity contribution is -0.149. The van der Waals surface area contributed by atoms with Crippen LogP contribution in [0.2, 0.25) is 5.02 Å². The molecule has 1 aliphatic heterocycles. The minimum Gasteiger partial charge on any atom is -0.507 e. The molecule has 3 aromatic rings. The van der Waals surface area contributed by atoms with Crippen LogP contribution in [0.3, 0.4) is 0 Å². The summed E-state index contributed by atoms with van der Waals surface area (Å²) in [7, 11) is 0. The highest BCUT2D eigenvalue weighted by Gasteiger charge is 2.34. The molecule has 1 fully saturated rings. The Morgan fingerprint density at radius 1 is 1.24 bits per heavy atom. The van der Waals surface area contributed by atoms with E-state index in [-0.39, 0.29) is 29.7 Å². The molecule has 2 aromatic heterocycles. The van der Waals surface area contributed by atoms with E-state index in [9.17, 15) is 14.7 Å². The Balaban J connectivity index is 1.74. The van der Waals surface area contributed by atoms with Crippen molar-refractivity contribution in [3.8, 4) is 5.75 Å². The van der Waals surface area contributed by atoms with Gasteiger partial charge in [-0.1, -0.05) is 23.7 Å². The third-order valence-electron chi connectivity index (χ3n) is 6.39. The predicted octanol–water partition coefficient (Wildman–Crippen LogP) is 4.52. The fourth-order valence-electron chi connectivity index (χ4n) is 4.64. The molecule has 0 radical (unpaired) electrons. The van der Waals surface area contributed by atoms with E-state index in [2.05, 4.69) is 4.90 Å². The minimum absolute atomic E-state index is 0.0503. The van der Waals surface area contributed by atoms with Crippen LogP contribution < -0.4 is 5.56 Å². The molecule has 1 atom stereocenters. The molecule has 1 aliphatic rings. The summed E-state index contributed by atoms with van der Waals surface area (Å²) in [4.78, 5) is 28.1. The van der Waals surface area contributed by atoms with Gasteiger partial charge >= 0.3 is 5.97 Å². The second-order valence-electron chi connectivity index (χ2n) is 8.57. The van der Waals surface area contributed by atoms with Crippen molar-refractivity contribution in [2.24, 2.45) is 5.92 Å². The number of ether oxygens (including phenoxy) is 1. The molecule has 7 nitrogen and oxygen atoms in total. The van der Waals surface area contributed by atoms with Gasteiger partial charge in [0.2, 0.25) is 0 Å². The van der Waals surface area contributed by atoms with Gasteiger partial charge in [-0.2, -0.15) is 0 Å². The Morgan fingerprint density at radius 3 is 2.56 bits per heavy atom. The number of benzene rings is 1. The van der Waals surface area contributed by atoms with E-state index in [0.717, 1.165) is 5.56 Å². The number of furan rings is 1. The molecule has 8 heteroatoms. The summed E-state index contributed by atoms with van der Waals surface area (Å²) in [6, 6.07) is 12.0. The monoisotopic (exact) mass is 484 g/mol. The van der Waals surface area contributed by atoms with E-state index >= 15 is 0 Å². The van der Waals surface area contributed by atoms with Crippen LogP contribution in [0.1, 0.15) is 48.4 Å². The molecule has 1 saturated heterocycles. The van der Waals surface area contributed by atoms with Gasteiger partial charge in [-0.05, 0) is 75.7 Å². The number of carbonyl (C=O) groups is 1.